The monoisotopic (exact) mass is 502 g/mol. The van der Waals surface area contributed by atoms with Crippen LogP contribution in [0.2, 0.25) is 0 Å². The average Bonchev–Trinajstić information content (AvgIpc) is 2.36. The number of unbranched alkanes of at least 4 members (excludes halogenated alkanes) is 2. The van der Waals surface area contributed by atoms with Crippen LogP contribution < -0.4 is 0 Å². The molecule has 0 saturated heterocycles. The fourth-order valence-electron chi connectivity index (χ4n) is 1.18. The molecule has 116 valence electrons. The third kappa shape index (κ3) is 24.6. The summed E-state index contributed by atoms with van der Waals surface area (Å²) in [5, 5.41) is 0. The van der Waals surface area contributed by atoms with E-state index in [2.05, 4.69) is 13.8 Å². The van der Waals surface area contributed by atoms with E-state index in [1.54, 1.807) is 0 Å². The molecule has 1 rings (SSSR count). The van der Waals surface area contributed by atoms with Gasteiger partial charge in [0.05, 0.1) is 0 Å². The maximum atomic E-state index is 9.38. The van der Waals surface area contributed by atoms with Crippen LogP contribution in [0.4, 0.5) is 0 Å². The normalized spacial score (nSPS) is 8.21. The van der Waals surface area contributed by atoms with Crippen LogP contribution in [0, 0.1) is 0 Å². The molecule has 1 aromatic rings. The van der Waals surface area contributed by atoms with Gasteiger partial charge in [0.15, 0.2) is 0 Å². The van der Waals surface area contributed by atoms with Gasteiger partial charge in [-0.25, -0.2) is 0 Å². The van der Waals surface area contributed by atoms with Crippen LogP contribution in [-0.4, -0.2) is 17.2 Å². The summed E-state index contributed by atoms with van der Waals surface area (Å²) in [5.74, 6) is 0. The fraction of sp³-hybridized carbons (Fsp3) is 0.571. The van der Waals surface area contributed by atoms with Crippen molar-refractivity contribution in [2.45, 2.75) is 39.5 Å². The third-order valence-electron chi connectivity index (χ3n) is 2.21. The smallest absolute Gasteiger partial charge is 0.0251 e. The second-order valence-electron chi connectivity index (χ2n) is 3.82. The Hall–Kier alpha value is 1.19. The van der Waals surface area contributed by atoms with Crippen molar-refractivity contribution in [3.05, 3.63) is 36.4 Å². The van der Waals surface area contributed by atoms with Crippen LogP contribution in [0.3, 0.4) is 0 Å². The van der Waals surface area contributed by atoms with Gasteiger partial charge in [0.25, 0.3) is 0 Å². The topological polar surface area (TPSA) is 20.2 Å². The van der Waals surface area contributed by atoms with Gasteiger partial charge in [-0.1, -0.05) is 63.1 Å². The number of hydrogen-bond donors (Lipinski definition) is 1. The molecule has 0 unspecified atom stereocenters. The second kappa shape index (κ2) is 24.2. The second-order valence-corrected chi connectivity index (χ2v) is 5.72. The summed E-state index contributed by atoms with van der Waals surface area (Å²) in [6, 6.07) is 12.0. The predicted molar refractivity (Wildman–Crippen MR) is 95.8 cm³/mol. The molecule has 0 heterocycles. The minimum Gasteiger partial charge on any atom is -0.374 e. The first kappa shape index (κ1) is 28.4. The molecular weight excluding hydrogens is 476 g/mol. The van der Waals surface area contributed by atoms with E-state index >= 15 is 0 Å². The van der Waals surface area contributed by atoms with E-state index < -0.39 is 8.15 Å². The van der Waals surface area contributed by atoms with Gasteiger partial charge in [-0.3, -0.25) is 0 Å². The molecule has 0 bridgehead atoms. The maximum Gasteiger partial charge on any atom is 0.0251 e. The Balaban J connectivity index is -0.000000110. The first-order chi connectivity index (χ1) is 7.81. The van der Waals surface area contributed by atoms with Gasteiger partial charge < -0.3 is 4.89 Å². The van der Waals surface area contributed by atoms with E-state index in [4.69, 9.17) is 0 Å². The van der Waals surface area contributed by atoms with Crippen molar-refractivity contribution in [2.75, 3.05) is 12.3 Å². The molecule has 19 heavy (non-hydrogen) atoms. The summed E-state index contributed by atoms with van der Waals surface area (Å²) in [4.78, 5) is 9.38. The molecule has 0 aromatic heterocycles. The zero-order valence-corrected chi connectivity index (χ0v) is 17.8. The van der Waals surface area contributed by atoms with E-state index in [9.17, 15) is 4.89 Å². The van der Waals surface area contributed by atoms with E-state index in [1.807, 2.05) is 36.4 Å². The largest absolute Gasteiger partial charge is 0.374 e. The Bertz CT molecular complexity index is 193. The zero-order chi connectivity index (χ0) is 12.1. The van der Waals surface area contributed by atoms with Crippen LogP contribution in [0.15, 0.2) is 36.4 Å². The minimum atomic E-state index is -0.592. The summed E-state index contributed by atoms with van der Waals surface area (Å²) in [5.41, 5.74) is 0. The first-order valence-corrected chi connectivity index (χ1v) is 7.91. The minimum absolute atomic E-state index is 0. The van der Waals surface area contributed by atoms with Crippen molar-refractivity contribution in [3.63, 3.8) is 0 Å². The van der Waals surface area contributed by atoms with Gasteiger partial charge in [-0.05, 0) is 25.2 Å². The van der Waals surface area contributed by atoms with E-state index in [-0.39, 0.29) is 53.4 Å². The van der Waals surface area contributed by atoms with Crippen LogP contribution in [-0.2, 0) is 19.5 Å². The van der Waals surface area contributed by atoms with Crippen molar-refractivity contribution in [2.24, 2.45) is 0 Å². The van der Waals surface area contributed by atoms with E-state index in [0.717, 1.165) is 12.3 Å². The molecule has 0 fully saturated rings. The molecule has 0 spiro atoms. The van der Waals surface area contributed by atoms with Gasteiger partial charge in [0.2, 0.25) is 0 Å². The molecule has 1 aromatic carbocycles. The van der Waals surface area contributed by atoms with Crippen molar-refractivity contribution in [1.29, 1.82) is 0 Å². The molecule has 0 atom stereocenters. The number of hydrogen-bond acceptors (Lipinski definition) is 1. The molecule has 0 saturated carbocycles. The Labute approximate surface area is 154 Å². The van der Waals surface area contributed by atoms with E-state index in [0.29, 0.717) is 0 Å². The summed E-state index contributed by atoms with van der Waals surface area (Å²) in [6.07, 6.45) is 6.95. The number of rotatable bonds is 6. The molecule has 0 aliphatic carbocycles. The van der Waals surface area contributed by atoms with Gasteiger partial charge in [0.1, 0.15) is 0 Å². The van der Waals surface area contributed by atoms with Crippen molar-refractivity contribution in [3.8, 4) is 0 Å². The number of halogens is 2. The van der Waals surface area contributed by atoms with Crippen LogP contribution in [0.25, 0.3) is 0 Å². The molecule has 0 amide bonds. The first-order valence-electron chi connectivity index (χ1n) is 6.25. The average molecular weight is 503 g/mol. The third-order valence-corrected chi connectivity index (χ3v) is 3.87. The molecule has 0 radical (unpaired) electrons. The predicted octanol–water partition coefficient (Wildman–Crippen LogP) is 5.82. The molecule has 5 heteroatoms. The van der Waals surface area contributed by atoms with Crippen LogP contribution >= 0.6 is 42.1 Å². The van der Waals surface area contributed by atoms with Crippen LogP contribution in [0.5, 0.6) is 0 Å². The SMILES string of the molecule is Br.Br.CCCCP(O)CCCC.[Ru].c1ccccc1. The fourth-order valence-corrected chi connectivity index (χ4v) is 2.76. The summed E-state index contributed by atoms with van der Waals surface area (Å²) < 4.78 is 0. The molecule has 0 aliphatic rings. The van der Waals surface area contributed by atoms with Crippen LogP contribution in [0.1, 0.15) is 39.5 Å². The molecular formula is C14H27Br2OPRu. The van der Waals surface area contributed by atoms with Gasteiger partial charge in [-0.15, -0.1) is 34.0 Å². The summed E-state index contributed by atoms with van der Waals surface area (Å²) in [6.45, 7) is 4.34. The molecule has 1 N–H and O–H groups in total. The standard InChI is InChI=1S/C8H19OP.C6H6.2BrH.Ru/c1-3-5-7-10(9)8-6-4-2;1-2-4-6-5-3-1;;;/h9H,3-8H2,1-2H3;1-6H;2*1H;. The summed E-state index contributed by atoms with van der Waals surface area (Å²) >= 11 is 0. The molecule has 0 aliphatic heterocycles. The molecule has 1 nitrogen and oxygen atoms in total. The van der Waals surface area contributed by atoms with Gasteiger partial charge in [0, 0.05) is 27.6 Å². The Morgan fingerprint density at radius 1 is 0.737 bits per heavy atom. The van der Waals surface area contributed by atoms with E-state index in [1.165, 1.54) is 25.7 Å². The van der Waals surface area contributed by atoms with Crippen molar-refractivity contribution >= 4 is 42.1 Å². The Kier molecular flexibility index (Phi) is 36.2. The van der Waals surface area contributed by atoms with Gasteiger partial charge >= 0.3 is 0 Å². The van der Waals surface area contributed by atoms with Gasteiger partial charge in [-0.2, -0.15) is 0 Å². The van der Waals surface area contributed by atoms with Crippen molar-refractivity contribution in [1.82, 2.24) is 0 Å². The number of benzene rings is 1. The quantitative estimate of drug-likeness (QED) is 0.384. The zero-order valence-electron chi connectivity index (χ0n) is 11.8. The Morgan fingerprint density at radius 2 is 1.00 bits per heavy atom. The Morgan fingerprint density at radius 3 is 1.21 bits per heavy atom. The summed E-state index contributed by atoms with van der Waals surface area (Å²) in [7, 11) is -0.592. The maximum absolute atomic E-state index is 9.38. The van der Waals surface area contributed by atoms with Crippen molar-refractivity contribution < 1.29 is 24.4 Å².